The summed E-state index contributed by atoms with van der Waals surface area (Å²) in [6, 6.07) is 15.8. The van der Waals surface area contributed by atoms with Gasteiger partial charge in [-0.2, -0.15) is 0 Å². The number of fused-ring (bicyclic) bond motifs is 1. The Bertz CT molecular complexity index is 695. The number of ether oxygens (including phenoxy) is 1. The minimum Gasteiger partial charge on any atom is -0.489 e. The van der Waals surface area contributed by atoms with Gasteiger partial charge in [-0.25, -0.2) is 5.84 Å². The van der Waals surface area contributed by atoms with E-state index in [1.54, 1.807) is 6.20 Å². The summed E-state index contributed by atoms with van der Waals surface area (Å²) in [5, 5.41) is 0.911. The van der Waals surface area contributed by atoms with Crippen LogP contribution in [0.25, 0.3) is 10.9 Å². The molecule has 102 valence electrons. The van der Waals surface area contributed by atoms with Crippen molar-refractivity contribution in [1.82, 2.24) is 10.6 Å². The van der Waals surface area contributed by atoms with Gasteiger partial charge in [0.15, 0.2) is 5.75 Å². The first kappa shape index (κ1) is 12.5. The first-order valence-electron chi connectivity index (χ1n) is 6.27. The van der Waals surface area contributed by atoms with Crippen LogP contribution in [0.5, 0.6) is 11.5 Å². The standard InChI is InChI=1S/C15H15N3O2/c16-18-20-15-9-17-14-7-6-12(8-13(14)15)19-10-11-4-2-1-3-5-11/h1-9,17-18H,10,16H2. The van der Waals surface area contributed by atoms with Crippen molar-refractivity contribution in [2.75, 3.05) is 0 Å². The Morgan fingerprint density at radius 1 is 1.10 bits per heavy atom. The van der Waals surface area contributed by atoms with E-state index in [2.05, 4.69) is 10.6 Å². The minimum atomic E-state index is 0.530. The Kier molecular flexibility index (Phi) is 3.54. The van der Waals surface area contributed by atoms with Crippen LogP contribution in [0.3, 0.4) is 0 Å². The van der Waals surface area contributed by atoms with Crippen molar-refractivity contribution >= 4 is 10.9 Å². The van der Waals surface area contributed by atoms with E-state index in [1.807, 2.05) is 48.5 Å². The average molecular weight is 269 g/mol. The third-order valence-corrected chi connectivity index (χ3v) is 3.03. The van der Waals surface area contributed by atoms with Crippen LogP contribution in [0.2, 0.25) is 0 Å². The molecule has 0 radical (unpaired) electrons. The Morgan fingerprint density at radius 3 is 2.75 bits per heavy atom. The number of hydrogen-bond donors (Lipinski definition) is 3. The number of nitrogens with two attached hydrogens (primary N) is 1. The minimum absolute atomic E-state index is 0.530. The van der Waals surface area contributed by atoms with Crippen LogP contribution in [-0.2, 0) is 6.61 Å². The van der Waals surface area contributed by atoms with Crippen LogP contribution in [0, 0.1) is 0 Å². The van der Waals surface area contributed by atoms with E-state index in [0.29, 0.717) is 12.4 Å². The Morgan fingerprint density at radius 2 is 1.95 bits per heavy atom. The lowest BCUT2D eigenvalue weighted by molar-refractivity contribution is 0.202. The zero-order valence-corrected chi connectivity index (χ0v) is 10.8. The second kappa shape index (κ2) is 5.64. The van der Waals surface area contributed by atoms with Gasteiger partial charge in [-0.3, -0.25) is 0 Å². The van der Waals surface area contributed by atoms with E-state index in [0.717, 1.165) is 22.2 Å². The molecule has 0 atom stereocenters. The maximum Gasteiger partial charge on any atom is 0.174 e. The summed E-state index contributed by atoms with van der Waals surface area (Å²) in [5.41, 5.74) is 4.27. The molecular weight excluding hydrogens is 254 g/mol. The highest BCUT2D eigenvalue weighted by atomic mass is 16.7. The highest BCUT2D eigenvalue weighted by Gasteiger charge is 2.06. The highest BCUT2D eigenvalue weighted by Crippen LogP contribution is 2.28. The number of nitrogens with one attached hydrogen (secondary N) is 2. The quantitative estimate of drug-likeness (QED) is 0.491. The van der Waals surface area contributed by atoms with Gasteiger partial charge in [0, 0.05) is 17.1 Å². The molecule has 0 saturated carbocycles. The summed E-state index contributed by atoms with van der Waals surface area (Å²) in [6.45, 7) is 0.530. The van der Waals surface area contributed by atoms with Crippen LogP contribution >= 0.6 is 0 Å². The second-order valence-corrected chi connectivity index (χ2v) is 4.35. The molecule has 1 heterocycles. The van der Waals surface area contributed by atoms with E-state index in [9.17, 15) is 0 Å². The molecule has 5 nitrogen and oxygen atoms in total. The van der Waals surface area contributed by atoms with Crippen molar-refractivity contribution in [2.45, 2.75) is 6.61 Å². The number of aromatic nitrogens is 1. The molecule has 0 aliphatic heterocycles. The molecule has 0 spiro atoms. The molecule has 2 aromatic carbocycles. The van der Waals surface area contributed by atoms with Crippen molar-refractivity contribution in [2.24, 2.45) is 5.84 Å². The molecule has 3 aromatic rings. The molecule has 0 fully saturated rings. The highest BCUT2D eigenvalue weighted by molar-refractivity contribution is 5.87. The molecule has 0 aliphatic carbocycles. The fourth-order valence-corrected chi connectivity index (χ4v) is 2.05. The van der Waals surface area contributed by atoms with Gasteiger partial charge < -0.3 is 14.6 Å². The second-order valence-electron chi connectivity index (χ2n) is 4.35. The maximum atomic E-state index is 5.78. The summed E-state index contributed by atoms with van der Waals surface area (Å²) in [4.78, 5) is 8.22. The van der Waals surface area contributed by atoms with Gasteiger partial charge >= 0.3 is 0 Å². The first-order valence-corrected chi connectivity index (χ1v) is 6.27. The van der Waals surface area contributed by atoms with Crippen LogP contribution in [-0.4, -0.2) is 4.98 Å². The van der Waals surface area contributed by atoms with Crippen LogP contribution < -0.4 is 21.0 Å². The summed E-state index contributed by atoms with van der Waals surface area (Å²) in [6.07, 6.45) is 1.74. The number of hydrazine groups is 1. The predicted molar refractivity (Wildman–Crippen MR) is 77.0 cm³/mol. The van der Waals surface area contributed by atoms with E-state index < -0.39 is 0 Å². The molecular formula is C15H15N3O2. The molecule has 0 bridgehead atoms. The lowest BCUT2D eigenvalue weighted by Crippen LogP contribution is -2.25. The largest absolute Gasteiger partial charge is 0.489 e. The third-order valence-electron chi connectivity index (χ3n) is 3.03. The van der Waals surface area contributed by atoms with E-state index in [4.69, 9.17) is 15.4 Å². The molecule has 0 aliphatic rings. The number of benzene rings is 2. The van der Waals surface area contributed by atoms with Gasteiger partial charge in [-0.1, -0.05) is 35.9 Å². The monoisotopic (exact) mass is 269 g/mol. The van der Waals surface area contributed by atoms with E-state index in [-0.39, 0.29) is 0 Å². The number of H-pyrrole nitrogens is 1. The zero-order valence-electron chi connectivity index (χ0n) is 10.8. The molecule has 0 saturated heterocycles. The number of aromatic amines is 1. The van der Waals surface area contributed by atoms with Crippen molar-refractivity contribution < 1.29 is 9.57 Å². The summed E-state index contributed by atoms with van der Waals surface area (Å²) in [7, 11) is 0. The van der Waals surface area contributed by atoms with Gasteiger partial charge in [0.1, 0.15) is 12.4 Å². The van der Waals surface area contributed by atoms with Crippen molar-refractivity contribution in [3.8, 4) is 11.5 Å². The van der Waals surface area contributed by atoms with Gasteiger partial charge in [0.2, 0.25) is 0 Å². The van der Waals surface area contributed by atoms with Crippen molar-refractivity contribution in [3.63, 3.8) is 0 Å². The zero-order chi connectivity index (χ0) is 13.8. The van der Waals surface area contributed by atoms with Crippen LogP contribution in [0.15, 0.2) is 54.7 Å². The number of rotatable bonds is 5. The van der Waals surface area contributed by atoms with Crippen molar-refractivity contribution in [3.05, 3.63) is 60.3 Å². The molecule has 3 rings (SSSR count). The average Bonchev–Trinajstić information content (AvgIpc) is 2.89. The molecule has 20 heavy (non-hydrogen) atoms. The Balaban J connectivity index is 1.79. The lowest BCUT2D eigenvalue weighted by atomic mass is 10.2. The normalized spacial score (nSPS) is 10.7. The molecule has 0 unspecified atom stereocenters. The molecule has 0 amide bonds. The van der Waals surface area contributed by atoms with E-state index >= 15 is 0 Å². The maximum absolute atomic E-state index is 5.78. The van der Waals surface area contributed by atoms with Crippen LogP contribution in [0.4, 0.5) is 0 Å². The van der Waals surface area contributed by atoms with Gasteiger partial charge in [-0.05, 0) is 23.8 Å². The van der Waals surface area contributed by atoms with Gasteiger partial charge in [0.25, 0.3) is 0 Å². The topological polar surface area (TPSA) is 72.3 Å². The number of hydrogen-bond acceptors (Lipinski definition) is 4. The van der Waals surface area contributed by atoms with Crippen molar-refractivity contribution in [1.29, 1.82) is 0 Å². The third kappa shape index (κ3) is 2.59. The SMILES string of the molecule is NNOc1c[nH]c2ccc(OCc3ccccc3)cc12. The molecule has 4 N–H and O–H groups in total. The van der Waals surface area contributed by atoms with Gasteiger partial charge in [-0.15, -0.1) is 0 Å². The molecule has 5 heteroatoms. The first-order chi connectivity index (χ1) is 9.86. The predicted octanol–water partition coefficient (Wildman–Crippen LogP) is 2.50. The van der Waals surface area contributed by atoms with Gasteiger partial charge in [0.05, 0.1) is 0 Å². The Hall–Kier alpha value is -2.50. The smallest absolute Gasteiger partial charge is 0.174 e. The Labute approximate surface area is 116 Å². The molecule has 1 aromatic heterocycles. The van der Waals surface area contributed by atoms with E-state index in [1.165, 1.54) is 0 Å². The fourth-order valence-electron chi connectivity index (χ4n) is 2.05. The summed E-state index contributed by atoms with van der Waals surface area (Å²) in [5.74, 6) is 6.58. The van der Waals surface area contributed by atoms with Crippen LogP contribution in [0.1, 0.15) is 5.56 Å². The fraction of sp³-hybridized carbons (Fsp3) is 0.0667. The lowest BCUT2D eigenvalue weighted by Gasteiger charge is -2.07. The summed E-state index contributed by atoms with van der Waals surface area (Å²) >= 11 is 0. The summed E-state index contributed by atoms with van der Waals surface area (Å²) < 4.78 is 5.78.